The van der Waals surface area contributed by atoms with Gasteiger partial charge in [-0.2, -0.15) is 8.42 Å². The van der Waals surface area contributed by atoms with E-state index in [4.69, 9.17) is 42.4 Å². The van der Waals surface area contributed by atoms with E-state index in [0.29, 0.717) is 68.2 Å². The van der Waals surface area contributed by atoms with Crippen molar-refractivity contribution in [3.63, 3.8) is 0 Å². The molecule has 14 heteroatoms. The first-order valence-corrected chi connectivity index (χ1v) is 16.1. The van der Waals surface area contributed by atoms with Crippen molar-refractivity contribution in [3.8, 4) is 46.0 Å². The van der Waals surface area contributed by atoms with Crippen LogP contribution in [0.1, 0.15) is 6.92 Å². The Hall–Kier alpha value is -3.93. The summed E-state index contributed by atoms with van der Waals surface area (Å²) in [4.78, 5) is 14.3. The van der Waals surface area contributed by atoms with E-state index < -0.39 is 17.4 Å². The molecular formula is C29H38O12PS+. The van der Waals surface area contributed by atoms with Crippen molar-refractivity contribution in [3.05, 3.63) is 42.5 Å². The summed E-state index contributed by atoms with van der Waals surface area (Å²) >= 11 is 0. The normalized spacial score (nSPS) is 11.0. The fraction of sp³-hybridized carbons (Fsp3) is 0.345. The van der Waals surface area contributed by atoms with Gasteiger partial charge in [-0.15, -0.1) is 0 Å². The number of ether oxygens (including phenoxy) is 8. The first-order valence-electron chi connectivity index (χ1n) is 12.5. The SMILES string of the molecule is COc1ccc([P+](C(C)=O)(c2c(OC)cc(OC)cc2OC)c2c(OC)cc(OC)cc2OC)c(OC)c1.CS(=O)(=O)O. The van der Waals surface area contributed by atoms with Crippen LogP contribution in [0.4, 0.5) is 0 Å². The molecule has 3 aromatic rings. The first kappa shape index (κ1) is 35.3. The van der Waals surface area contributed by atoms with Crippen molar-refractivity contribution < 1.29 is 55.7 Å². The van der Waals surface area contributed by atoms with Crippen molar-refractivity contribution in [1.82, 2.24) is 0 Å². The van der Waals surface area contributed by atoms with Gasteiger partial charge in [0.25, 0.3) is 15.6 Å². The fourth-order valence-electron chi connectivity index (χ4n) is 4.53. The molecule has 0 radical (unpaired) electrons. The summed E-state index contributed by atoms with van der Waals surface area (Å²) in [6, 6.07) is 12.2. The summed E-state index contributed by atoms with van der Waals surface area (Å²) in [6.07, 6.45) is 0.715. The predicted molar refractivity (Wildman–Crippen MR) is 166 cm³/mol. The third-order valence-corrected chi connectivity index (χ3v) is 10.5. The average molecular weight is 642 g/mol. The Bertz CT molecular complexity index is 1420. The van der Waals surface area contributed by atoms with E-state index in [-0.39, 0.29) is 5.52 Å². The highest BCUT2D eigenvalue weighted by atomic mass is 32.2. The second-order valence-corrected chi connectivity index (χ2v) is 13.5. The Morgan fingerprint density at radius 2 is 0.884 bits per heavy atom. The maximum absolute atomic E-state index is 14.3. The van der Waals surface area contributed by atoms with Gasteiger partial charge in [-0.05, 0) is 12.1 Å². The molecule has 0 bridgehead atoms. The van der Waals surface area contributed by atoms with Crippen molar-refractivity contribution in [2.75, 3.05) is 63.1 Å². The Morgan fingerprint density at radius 1 is 0.581 bits per heavy atom. The molecule has 12 nitrogen and oxygen atoms in total. The summed E-state index contributed by atoms with van der Waals surface area (Å²) in [5.74, 6) is 3.57. The van der Waals surface area contributed by atoms with Crippen LogP contribution in [0.5, 0.6) is 46.0 Å². The van der Waals surface area contributed by atoms with Crippen LogP contribution in [0.25, 0.3) is 0 Å². The van der Waals surface area contributed by atoms with Gasteiger partial charge >= 0.3 is 0 Å². The van der Waals surface area contributed by atoms with Crippen LogP contribution in [0.15, 0.2) is 42.5 Å². The first-order chi connectivity index (χ1) is 20.3. The van der Waals surface area contributed by atoms with Crippen LogP contribution in [-0.2, 0) is 14.9 Å². The lowest BCUT2D eigenvalue weighted by atomic mass is 10.3. The standard InChI is InChI=1S/C28H34O9P.CH4O3S/c1-17(29)38(26-11-10-18(30-2)12-21(26)33-5,27-22(34-6)13-19(31-3)14-23(27)35-7)28-24(36-8)15-20(32-4)16-25(28)37-9;1-5(2,3)4/h10-16H,1-9H3;1H3,(H,2,3,4)/q+1;. The highest BCUT2D eigenvalue weighted by Gasteiger charge is 2.60. The Labute approximate surface area is 252 Å². The number of benzene rings is 3. The molecule has 43 heavy (non-hydrogen) atoms. The highest BCUT2D eigenvalue weighted by molar-refractivity contribution is 8.08. The Morgan fingerprint density at radius 3 is 1.14 bits per heavy atom. The summed E-state index contributed by atoms with van der Waals surface area (Å²) < 4.78 is 71.7. The van der Waals surface area contributed by atoms with Crippen LogP contribution in [-0.4, -0.2) is 81.6 Å². The van der Waals surface area contributed by atoms with Crippen molar-refractivity contribution >= 4 is 38.8 Å². The van der Waals surface area contributed by atoms with Gasteiger partial charge in [0.05, 0.1) is 63.1 Å². The molecule has 0 amide bonds. The van der Waals surface area contributed by atoms with Crippen molar-refractivity contribution in [2.45, 2.75) is 6.92 Å². The second-order valence-electron chi connectivity index (χ2n) is 8.72. The number of rotatable bonds is 12. The molecule has 236 valence electrons. The van der Waals surface area contributed by atoms with E-state index in [1.165, 1.54) is 42.5 Å². The maximum Gasteiger partial charge on any atom is 0.281 e. The molecule has 0 heterocycles. The molecule has 0 saturated carbocycles. The molecular weight excluding hydrogens is 603 g/mol. The quantitative estimate of drug-likeness (QED) is 0.229. The molecule has 0 atom stereocenters. The molecule has 0 spiro atoms. The van der Waals surface area contributed by atoms with Crippen molar-refractivity contribution in [1.29, 1.82) is 0 Å². The van der Waals surface area contributed by atoms with E-state index in [0.717, 1.165) is 0 Å². The Kier molecular flexibility index (Phi) is 12.3. The molecule has 1 N–H and O–H groups in total. The van der Waals surface area contributed by atoms with Crippen LogP contribution in [0.2, 0.25) is 0 Å². The van der Waals surface area contributed by atoms with Gasteiger partial charge < -0.3 is 37.9 Å². The third kappa shape index (κ3) is 7.54. The summed E-state index contributed by atoms with van der Waals surface area (Å²) in [5.41, 5.74) is -0.176. The smallest absolute Gasteiger partial charge is 0.281 e. The van der Waals surface area contributed by atoms with E-state index in [1.54, 1.807) is 57.7 Å². The molecule has 3 aromatic carbocycles. The van der Waals surface area contributed by atoms with E-state index in [9.17, 15) is 13.2 Å². The Balaban J connectivity index is 0.00000119. The minimum Gasteiger partial charge on any atom is -0.497 e. The average Bonchev–Trinajstić information content (AvgIpc) is 2.99. The molecule has 0 aliphatic carbocycles. The van der Waals surface area contributed by atoms with Gasteiger partial charge in [-0.1, -0.05) is 0 Å². The summed E-state index contributed by atoms with van der Waals surface area (Å²) in [6.45, 7) is 1.53. The lowest BCUT2D eigenvalue weighted by Gasteiger charge is -2.30. The fourth-order valence-corrected chi connectivity index (χ4v) is 8.94. The zero-order chi connectivity index (χ0) is 32.5. The minimum absolute atomic E-state index is 0.176. The molecule has 3 rings (SSSR count). The molecule has 0 aliphatic heterocycles. The molecule has 0 unspecified atom stereocenters. The molecule has 0 saturated heterocycles. The second kappa shape index (κ2) is 15.0. The van der Waals surface area contributed by atoms with E-state index in [1.807, 2.05) is 6.07 Å². The van der Waals surface area contributed by atoms with Crippen LogP contribution >= 0.6 is 7.26 Å². The third-order valence-electron chi connectivity index (χ3n) is 6.27. The lowest BCUT2D eigenvalue weighted by Crippen LogP contribution is -2.38. The molecule has 0 fully saturated rings. The number of hydrogen-bond donors (Lipinski definition) is 1. The lowest BCUT2D eigenvalue weighted by molar-refractivity contribution is -0.109. The highest BCUT2D eigenvalue weighted by Crippen LogP contribution is 2.65. The van der Waals surface area contributed by atoms with E-state index >= 15 is 0 Å². The van der Waals surface area contributed by atoms with Crippen molar-refractivity contribution in [2.24, 2.45) is 0 Å². The topological polar surface area (TPSA) is 145 Å². The largest absolute Gasteiger partial charge is 0.497 e. The number of hydrogen-bond acceptors (Lipinski definition) is 11. The zero-order valence-corrected chi connectivity index (χ0v) is 27.5. The van der Waals surface area contributed by atoms with Crippen LogP contribution in [0, 0.1) is 0 Å². The van der Waals surface area contributed by atoms with Crippen LogP contribution in [0.3, 0.4) is 0 Å². The van der Waals surface area contributed by atoms with Gasteiger partial charge in [0.1, 0.15) is 17.2 Å². The van der Waals surface area contributed by atoms with Gasteiger partial charge in [-0.3, -0.25) is 9.35 Å². The van der Waals surface area contributed by atoms with E-state index in [2.05, 4.69) is 0 Å². The maximum atomic E-state index is 14.3. The number of methoxy groups -OCH3 is 8. The number of carbonyl (C=O) groups is 1. The summed E-state index contributed by atoms with van der Waals surface area (Å²) in [5, 5.41) is 1.62. The van der Waals surface area contributed by atoms with Gasteiger partial charge in [-0.25, -0.2) is 0 Å². The van der Waals surface area contributed by atoms with Crippen LogP contribution < -0.4 is 53.8 Å². The zero-order valence-electron chi connectivity index (χ0n) is 25.8. The predicted octanol–water partition coefficient (Wildman–Crippen LogP) is 3.10. The summed E-state index contributed by atoms with van der Waals surface area (Å²) in [7, 11) is 5.22. The monoisotopic (exact) mass is 641 g/mol. The molecule has 0 aromatic heterocycles. The number of carbonyl (C=O) groups excluding carboxylic acids is 1. The minimum atomic E-state index is -3.67. The van der Waals surface area contributed by atoms with Gasteiger partial charge in [0, 0.05) is 37.3 Å². The molecule has 0 aliphatic rings. The van der Waals surface area contributed by atoms with Gasteiger partial charge in [0.2, 0.25) is 7.26 Å². The van der Waals surface area contributed by atoms with Gasteiger partial charge in [0.15, 0.2) is 44.7 Å².